The lowest BCUT2D eigenvalue weighted by atomic mass is 9.93. The van der Waals surface area contributed by atoms with Gasteiger partial charge in [0.1, 0.15) is 11.5 Å². The van der Waals surface area contributed by atoms with Gasteiger partial charge in [-0.15, -0.1) is 11.8 Å². The number of nitrogens with zero attached hydrogens (tertiary/aromatic N) is 2. The molecule has 0 fully saturated rings. The van der Waals surface area contributed by atoms with Gasteiger partial charge in [-0.3, -0.25) is 9.36 Å². The number of hydrogen-bond acceptors (Lipinski definition) is 7. The summed E-state index contributed by atoms with van der Waals surface area (Å²) in [6, 6.07) is 25.4. The van der Waals surface area contributed by atoms with Crippen molar-refractivity contribution in [3.63, 3.8) is 0 Å². The third-order valence-corrected chi connectivity index (χ3v) is 9.38. The largest absolute Gasteiger partial charge is 0.463 e. The molecule has 5 aromatic rings. The first-order valence-electron chi connectivity index (χ1n) is 13.4. The van der Waals surface area contributed by atoms with Crippen LogP contribution in [0, 0.1) is 0 Å². The Morgan fingerprint density at radius 2 is 1.79 bits per heavy atom. The van der Waals surface area contributed by atoms with E-state index in [4.69, 9.17) is 37.3 Å². The van der Waals surface area contributed by atoms with Crippen LogP contribution in [0.4, 0.5) is 0 Å². The summed E-state index contributed by atoms with van der Waals surface area (Å²) in [6.45, 7) is 1.94. The first-order valence-corrected chi connectivity index (χ1v) is 16.2. The highest BCUT2D eigenvalue weighted by Gasteiger charge is 2.35. The monoisotopic (exact) mass is 646 g/mol. The maximum Gasteiger partial charge on any atom is 0.338 e. The van der Waals surface area contributed by atoms with Gasteiger partial charge < -0.3 is 9.15 Å². The molecule has 0 N–H and O–H groups in total. The summed E-state index contributed by atoms with van der Waals surface area (Å²) in [5, 5.41) is 0.871. The molecule has 2 aromatic heterocycles. The highest BCUT2D eigenvalue weighted by Crippen LogP contribution is 2.36. The first-order chi connectivity index (χ1) is 20.9. The molecule has 6 rings (SSSR count). The Morgan fingerprint density at radius 3 is 2.49 bits per heavy atom. The average Bonchev–Trinajstić information content (AvgIpc) is 3.62. The summed E-state index contributed by atoms with van der Waals surface area (Å²) in [5.41, 5.74) is 2.79. The second kappa shape index (κ2) is 12.4. The summed E-state index contributed by atoms with van der Waals surface area (Å²) < 4.78 is 13.6. The molecule has 1 aliphatic heterocycles. The lowest BCUT2D eigenvalue weighted by Crippen LogP contribution is -2.40. The molecule has 0 spiro atoms. The minimum absolute atomic E-state index is 0.187. The van der Waals surface area contributed by atoms with Crippen molar-refractivity contribution in [1.82, 2.24) is 4.57 Å². The Hall–Kier alpha value is -3.82. The smallest absolute Gasteiger partial charge is 0.338 e. The van der Waals surface area contributed by atoms with Crippen LogP contribution in [0.1, 0.15) is 29.9 Å². The van der Waals surface area contributed by atoms with E-state index in [1.165, 1.54) is 11.3 Å². The third-order valence-electron chi connectivity index (χ3n) is 6.91. The van der Waals surface area contributed by atoms with E-state index in [1.54, 1.807) is 47.5 Å². The lowest BCUT2D eigenvalue weighted by Gasteiger charge is -2.26. The molecule has 1 aliphatic rings. The Labute approximate surface area is 265 Å². The highest BCUT2D eigenvalue weighted by molar-refractivity contribution is 7.98. The van der Waals surface area contributed by atoms with E-state index in [2.05, 4.69) is 0 Å². The topological polar surface area (TPSA) is 73.8 Å². The molecule has 43 heavy (non-hydrogen) atoms. The number of carbonyl (C=O) groups is 1. The van der Waals surface area contributed by atoms with Crippen LogP contribution in [0.15, 0.2) is 110 Å². The molecule has 0 saturated heterocycles. The summed E-state index contributed by atoms with van der Waals surface area (Å²) in [6.07, 6.45) is 3.69. The van der Waals surface area contributed by atoms with E-state index < -0.39 is 12.0 Å². The molecule has 10 heteroatoms. The Kier molecular flexibility index (Phi) is 8.45. The van der Waals surface area contributed by atoms with Crippen LogP contribution in [0.3, 0.4) is 0 Å². The van der Waals surface area contributed by atoms with Crippen LogP contribution in [-0.4, -0.2) is 23.4 Å². The molecule has 0 amide bonds. The van der Waals surface area contributed by atoms with Crippen molar-refractivity contribution >= 4 is 64.0 Å². The lowest BCUT2D eigenvalue weighted by molar-refractivity contribution is -0.138. The van der Waals surface area contributed by atoms with Crippen molar-refractivity contribution < 1.29 is 13.9 Å². The minimum Gasteiger partial charge on any atom is -0.463 e. The number of thioether (sulfide) groups is 1. The molecule has 216 valence electrons. The number of esters is 1. The third kappa shape index (κ3) is 5.76. The van der Waals surface area contributed by atoms with Gasteiger partial charge in [-0.2, -0.15) is 0 Å². The summed E-state index contributed by atoms with van der Waals surface area (Å²) in [5.74, 6) is 0.552. The van der Waals surface area contributed by atoms with Gasteiger partial charge in [-0.05, 0) is 61.2 Å². The van der Waals surface area contributed by atoms with E-state index >= 15 is 0 Å². The molecular formula is C33H24Cl2N2O4S2. The SMILES string of the molecule is CCOC(=O)C1=C(c2ccccc2)N=c2s/c(=C\c3ccc(-c4ccc(Cl)c(Cl)c4)o3)c(=O)n2[C@H]1c1ccc(SC)cc1. The van der Waals surface area contributed by atoms with E-state index in [1.807, 2.05) is 73.0 Å². The molecule has 0 aliphatic carbocycles. The van der Waals surface area contributed by atoms with Gasteiger partial charge in [-0.25, -0.2) is 9.79 Å². The Balaban J connectivity index is 1.55. The van der Waals surface area contributed by atoms with Crippen molar-refractivity contribution in [3.05, 3.63) is 137 Å². The zero-order chi connectivity index (χ0) is 30.1. The fourth-order valence-electron chi connectivity index (χ4n) is 4.91. The molecule has 3 heterocycles. The molecule has 0 saturated carbocycles. The molecule has 3 aromatic carbocycles. The molecule has 1 atom stereocenters. The second-order valence-corrected chi connectivity index (χ2v) is 12.2. The molecule has 0 bridgehead atoms. The van der Waals surface area contributed by atoms with E-state index in [0.29, 0.717) is 42.2 Å². The van der Waals surface area contributed by atoms with Crippen LogP contribution in [0.25, 0.3) is 23.1 Å². The maximum atomic E-state index is 14.1. The molecule has 0 radical (unpaired) electrons. The quantitative estimate of drug-likeness (QED) is 0.138. The number of ether oxygens (including phenoxy) is 1. The van der Waals surface area contributed by atoms with Crippen molar-refractivity contribution in [3.8, 4) is 11.3 Å². The number of hydrogen-bond donors (Lipinski definition) is 0. The van der Waals surface area contributed by atoms with Gasteiger partial charge in [0.05, 0.1) is 38.5 Å². The number of aromatic nitrogens is 1. The fourth-order valence-corrected chi connectivity index (χ4v) is 6.59. The molecule has 0 unspecified atom stereocenters. The first kappa shape index (κ1) is 29.3. The van der Waals surface area contributed by atoms with Gasteiger partial charge in [0.25, 0.3) is 5.56 Å². The Morgan fingerprint density at radius 1 is 1.02 bits per heavy atom. The van der Waals surface area contributed by atoms with Crippen LogP contribution in [0.2, 0.25) is 10.0 Å². The maximum absolute atomic E-state index is 14.1. The number of fused-ring (bicyclic) bond motifs is 1. The van der Waals surface area contributed by atoms with E-state index in [-0.39, 0.29) is 12.2 Å². The number of benzene rings is 3. The van der Waals surface area contributed by atoms with Crippen LogP contribution < -0.4 is 14.9 Å². The molecule has 6 nitrogen and oxygen atoms in total. The van der Waals surface area contributed by atoms with Gasteiger partial charge >= 0.3 is 5.97 Å². The minimum atomic E-state index is -0.744. The highest BCUT2D eigenvalue weighted by atomic mass is 35.5. The second-order valence-electron chi connectivity index (χ2n) is 9.54. The summed E-state index contributed by atoms with van der Waals surface area (Å²) >= 11 is 15.1. The van der Waals surface area contributed by atoms with Gasteiger partial charge in [-0.1, -0.05) is 77.0 Å². The van der Waals surface area contributed by atoms with Gasteiger partial charge in [0, 0.05) is 22.1 Å². The number of thiazole rings is 1. The van der Waals surface area contributed by atoms with E-state index in [9.17, 15) is 9.59 Å². The van der Waals surface area contributed by atoms with Crippen LogP contribution in [-0.2, 0) is 9.53 Å². The standard InChI is InChI=1S/C33H24Cl2N2O4S2/c1-3-40-32(39)28-29(19-7-5-4-6-8-19)36-33-37(30(28)20-9-13-23(42-2)14-10-20)31(38)27(43-33)18-22-12-16-26(41-22)21-11-15-24(34)25(35)17-21/h4-18,30H,3H2,1-2H3/b27-18-/t30-/m0/s1. The summed E-state index contributed by atoms with van der Waals surface area (Å²) in [4.78, 5) is 34.1. The predicted molar refractivity (Wildman–Crippen MR) is 173 cm³/mol. The zero-order valence-corrected chi connectivity index (χ0v) is 26.2. The fraction of sp³-hybridized carbons (Fsp3) is 0.121. The van der Waals surface area contributed by atoms with Gasteiger partial charge in [0.2, 0.25) is 0 Å². The van der Waals surface area contributed by atoms with Crippen LogP contribution >= 0.6 is 46.3 Å². The van der Waals surface area contributed by atoms with Gasteiger partial charge in [0.15, 0.2) is 4.80 Å². The number of halogens is 2. The van der Waals surface area contributed by atoms with Crippen molar-refractivity contribution in [2.45, 2.75) is 17.9 Å². The number of furan rings is 1. The van der Waals surface area contributed by atoms with Crippen molar-refractivity contribution in [2.24, 2.45) is 4.99 Å². The average molecular weight is 648 g/mol. The van der Waals surface area contributed by atoms with Crippen molar-refractivity contribution in [2.75, 3.05) is 12.9 Å². The predicted octanol–water partition coefficient (Wildman–Crippen LogP) is 7.22. The summed E-state index contributed by atoms with van der Waals surface area (Å²) in [7, 11) is 0. The van der Waals surface area contributed by atoms with Crippen LogP contribution in [0.5, 0.6) is 0 Å². The Bertz CT molecular complexity index is 2040. The zero-order valence-electron chi connectivity index (χ0n) is 23.0. The number of carbonyl (C=O) groups excluding carboxylic acids is 1. The number of rotatable bonds is 7. The van der Waals surface area contributed by atoms with E-state index in [0.717, 1.165) is 21.6 Å². The molecular weight excluding hydrogens is 623 g/mol. The van der Waals surface area contributed by atoms with Crippen molar-refractivity contribution in [1.29, 1.82) is 0 Å². The normalized spacial score (nSPS) is 14.9.